The van der Waals surface area contributed by atoms with Crippen molar-refractivity contribution < 1.29 is 8.91 Å². The normalized spacial score (nSPS) is 11.2. The summed E-state index contributed by atoms with van der Waals surface area (Å²) in [5.41, 5.74) is 1.49. The van der Waals surface area contributed by atoms with Crippen LogP contribution < -0.4 is 0 Å². The number of hydrogen-bond acceptors (Lipinski definition) is 6. The highest BCUT2D eigenvalue weighted by Gasteiger charge is 2.11. The third-order valence-corrected chi connectivity index (χ3v) is 4.11. The number of thioether (sulfide) groups is 1. The number of rotatable bonds is 4. The molecule has 114 valence electrons. The molecule has 0 saturated carbocycles. The van der Waals surface area contributed by atoms with Gasteiger partial charge in [0.15, 0.2) is 10.8 Å². The Morgan fingerprint density at radius 1 is 1.09 bits per heavy atom. The van der Waals surface area contributed by atoms with Crippen molar-refractivity contribution in [1.29, 1.82) is 0 Å². The molecule has 0 N–H and O–H groups in total. The Kier molecular flexibility index (Phi) is 3.51. The van der Waals surface area contributed by atoms with E-state index >= 15 is 0 Å². The van der Waals surface area contributed by atoms with Crippen molar-refractivity contribution in [2.24, 2.45) is 0 Å². The van der Waals surface area contributed by atoms with E-state index in [0.717, 1.165) is 10.8 Å². The molecule has 4 aromatic rings. The van der Waals surface area contributed by atoms with Gasteiger partial charge >= 0.3 is 0 Å². The average Bonchev–Trinajstić information content (AvgIpc) is 3.20. The molecule has 3 aromatic heterocycles. The Hall–Kier alpha value is -2.74. The van der Waals surface area contributed by atoms with E-state index in [-0.39, 0.29) is 5.82 Å². The van der Waals surface area contributed by atoms with Gasteiger partial charge in [0.05, 0.1) is 5.75 Å². The molecule has 0 aliphatic rings. The number of benzene rings is 1. The molecule has 0 saturated heterocycles. The monoisotopic (exact) mass is 327 g/mol. The lowest BCUT2D eigenvalue weighted by Gasteiger charge is -1.96. The minimum Gasteiger partial charge on any atom is -0.338 e. The third-order valence-electron chi connectivity index (χ3n) is 3.18. The summed E-state index contributed by atoms with van der Waals surface area (Å²) in [4.78, 5) is 4.31. The number of halogens is 1. The molecule has 23 heavy (non-hydrogen) atoms. The van der Waals surface area contributed by atoms with Crippen molar-refractivity contribution in [3.05, 3.63) is 60.4 Å². The summed E-state index contributed by atoms with van der Waals surface area (Å²) in [6.07, 6.45) is 1.90. The van der Waals surface area contributed by atoms with E-state index in [0.29, 0.717) is 23.0 Å². The summed E-state index contributed by atoms with van der Waals surface area (Å²) < 4.78 is 20.0. The Bertz CT molecular complexity index is 950. The summed E-state index contributed by atoms with van der Waals surface area (Å²) in [6, 6.07) is 11.7. The third kappa shape index (κ3) is 2.80. The van der Waals surface area contributed by atoms with Gasteiger partial charge in [0.1, 0.15) is 5.82 Å². The zero-order valence-electron chi connectivity index (χ0n) is 11.8. The largest absolute Gasteiger partial charge is 0.338 e. The van der Waals surface area contributed by atoms with Crippen molar-refractivity contribution in [2.45, 2.75) is 10.9 Å². The van der Waals surface area contributed by atoms with Gasteiger partial charge in [-0.05, 0) is 36.4 Å². The minimum atomic E-state index is -0.299. The van der Waals surface area contributed by atoms with Crippen LogP contribution in [0.2, 0.25) is 0 Å². The second kappa shape index (κ2) is 5.81. The topological polar surface area (TPSA) is 69.1 Å². The van der Waals surface area contributed by atoms with Crippen molar-refractivity contribution in [3.63, 3.8) is 0 Å². The first kappa shape index (κ1) is 13.9. The Balaban J connectivity index is 1.51. The molecule has 8 heteroatoms. The number of pyridine rings is 1. The highest BCUT2D eigenvalue weighted by molar-refractivity contribution is 7.98. The van der Waals surface area contributed by atoms with Crippen LogP contribution in [0.15, 0.2) is 58.3 Å². The van der Waals surface area contributed by atoms with E-state index in [1.54, 1.807) is 12.1 Å². The van der Waals surface area contributed by atoms with Crippen LogP contribution in [0, 0.1) is 5.82 Å². The molecule has 4 rings (SSSR count). The van der Waals surface area contributed by atoms with E-state index < -0.39 is 0 Å². The summed E-state index contributed by atoms with van der Waals surface area (Å²) in [7, 11) is 0. The molecule has 0 spiro atoms. The predicted octanol–water partition coefficient (Wildman–Crippen LogP) is 3.21. The molecule has 1 aromatic carbocycles. The minimum absolute atomic E-state index is 0.299. The quantitative estimate of drug-likeness (QED) is 0.536. The van der Waals surface area contributed by atoms with Crippen molar-refractivity contribution >= 4 is 17.4 Å². The second-order valence-corrected chi connectivity index (χ2v) is 5.66. The lowest BCUT2D eigenvalue weighted by Crippen LogP contribution is -1.88. The summed E-state index contributed by atoms with van der Waals surface area (Å²) >= 11 is 1.45. The molecule has 0 atom stereocenters. The van der Waals surface area contributed by atoms with Crippen LogP contribution in [0.4, 0.5) is 4.39 Å². The van der Waals surface area contributed by atoms with Crippen LogP contribution >= 0.6 is 11.8 Å². The van der Waals surface area contributed by atoms with E-state index in [1.807, 2.05) is 28.8 Å². The van der Waals surface area contributed by atoms with Gasteiger partial charge in [0.2, 0.25) is 11.7 Å². The molecule has 0 unspecified atom stereocenters. The Morgan fingerprint density at radius 3 is 2.83 bits per heavy atom. The lowest BCUT2D eigenvalue weighted by molar-refractivity contribution is 0.391. The maximum absolute atomic E-state index is 12.9. The number of aromatic nitrogens is 5. The van der Waals surface area contributed by atoms with Gasteiger partial charge < -0.3 is 4.52 Å². The van der Waals surface area contributed by atoms with Gasteiger partial charge in [-0.25, -0.2) is 4.39 Å². The fourth-order valence-electron chi connectivity index (χ4n) is 2.07. The van der Waals surface area contributed by atoms with Gasteiger partial charge in [-0.3, -0.25) is 4.40 Å². The van der Waals surface area contributed by atoms with Crippen LogP contribution in [0.25, 0.3) is 17.0 Å². The molecule has 0 amide bonds. The smallest absolute Gasteiger partial charge is 0.237 e. The number of nitrogens with zero attached hydrogens (tertiary/aromatic N) is 5. The van der Waals surface area contributed by atoms with Gasteiger partial charge in [-0.1, -0.05) is 23.0 Å². The van der Waals surface area contributed by atoms with Crippen LogP contribution in [-0.4, -0.2) is 24.7 Å². The first-order valence-electron chi connectivity index (χ1n) is 6.81. The molecular weight excluding hydrogens is 317 g/mol. The van der Waals surface area contributed by atoms with Gasteiger partial charge in [0, 0.05) is 11.8 Å². The first-order valence-corrected chi connectivity index (χ1v) is 7.79. The zero-order valence-corrected chi connectivity index (χ0v) is 12.6. The van der Waals surface area contributed by atoms with Crippen molar-refractivity contribution in [3.8, 4) is 11.4 Å². The second-order valence-electron chi connectivity index (χ2n) is 4.72. The first-order chi connectivity index (χ1) is 11.3. The number of hydrogen-bond donors (Lipinski definition) is 0. The Morgan fingerprint density at radius 2 is 1.96 bits per heavy atom. The summed E-state index contributed by atoms with van der Waals surface area (Å²) in [6.45, 7) is 0. The molecule has 3 heterocycles. The molecule has 0 aliphatic carbocycles. The summed E-state index contributed by atoms with van der Waals surface area (Å²) in [5, 5.41) is 12.9. The van der Waals surface area contributed by atoms with E-state index in [9.17, 15) is 4.39 Å². The van der Waals surface area contributed by atoms with E-state index in [1.165, 1.54) is 23.9 Å². The maximum Gasteiger partial charge on any atom is 0.237 e. The van der Waals surface area contributed by atoms with Gasteiger partial charge in [-0.2, -0.15) is 4.98 Å². The lowest BCUT2D eigenvalue weighted by atomic mass is 10.2. The molecule has 0 bridgehead atoms. The van der Waals surface area contributed by atoms with Crippen molar-refractivity contribution in [1.82, 2.24) is 24.7 Å². The fraction of sp³-hybridized carbons (Fsp3) is 0.0667. The van der Waals surface area contributed by atoms with Crippen LogP contribution in [0.1, 0.15) is 5.89 Å². The SMILES string of the molecule is Fc1ccc(-c2noc(CSc3nnc4ccccn34)n2)cc1. The maximum atomic E-state index is 12.9. The number of fused-ring (bicyclic) bond motifs is 1. The average molecular weight is 327 g/mol. The predicted molar refractivity (Wildman–Crippen MR) is 82.2 cm³/mol. The van der Waals surface area contributed by atoms with Gasteiger partial charge in [0.25, 0.3) is 0 Å². The Labute approximate surface area is 134 Å². The highest BCUT2D eigenvalue weighted by atomic mass is 32.2. The zero-order chi connectivity index (χ0) is 15.6. The molecule has 6 nitrogen and oxygen atoms in total. The van der Waals surface area contributed by atoms with Crippen LogP contribution in [0.5, 0.6) is 0 Å². The van der Waals surface area contributed by atoms with Crippen LogP contribution in [0.3, 0.4) is 0 Å². The fourth-order valence-corrected chi connectivity index (χ4v) is 2.84. The molecule has 0 radical (unpaired) electrons. The molecule has 0 fully saturated rings. The summed E-state index contributed by atoms with van der Waals surface area (Å²) in [5.74, 6) is 1.09. The molecular formula is C15H10FN5OS. The van der Waals surface area contributed by atoms with Crippen LogP contribution in [-0.2, 0) is 5.75 Å². The molecule has 0 aliphatic heterocycles. The van der Waals surface area contributed by atoms with Crippen molar-refractivity contribution in [2.75, 3.05) is 0 Å². The standard InChI is InChI=1S/C15H10FN5OS/c16-11-6-4-10(5-7-11)14-17-13(22-20-14)9-23-15-19-18-12-3-1-2-8-21(12)15/h1-8H,9H2. The highest BCUT2D eigenvalue weighted by Crippen LogP contribution is 2.23. The van der Waals surface area contributed by atoms with E-state index in [4.69, 9.17) is 4.52 Å². The van der Waals surface area contributed by atoms with Gasteiger partial charge in [-0.15, -0.1) is 10.2 Å². The van der Waals surface area contributed by atoms with E-state index in [2.05, 4.69) is 20.3 Å².